The van der Waals surface area contributed by atoms with E-state index in [1.165, 1.54) is 18.4 Å². The van der Waals surface area contributed by atoms with Crippen LogP contribution >= 0.6 is 0 Å². The molecule has 31 heavy (non-hydrogen) atoms. The number of hydrogen-bond donors (Lipinski definition) is 1. The number of methoxy groups -OCH3 is 2. The SMILES string of the molecule is COc1ccc(-c2noc(CNC(=O)c3ccc(CN4CCCC4)cc3)n2)c(OC)c1. The van der Waals surface area contributed by atoms with Gasteiger partial charge in [0.15, 0.2) is 0 Å². The molecule has 0 bridgehead atoms. The second-order valence-corrected chi connectivity index (χ2v) is 7.44. The average Bonchev–Trinajstić information content (AvgIpc) is 3.49. The molecule has 2 heterocycles. The maximum Gasteiger partial charge on any atom is 0.251 e. The molecule has 0 radical (unpaired) electrons. The Morgan fingerprint density at radius 1 is 1.10 bits per heavy atom. The number of aromatic nitrogens is 2. The minimum absolute atomic E-state index is 0.139. The van der Waals surface area contributed by atoms with Crippen molar-refractivity contribution in [2.75, 3.05) is 27.3 Å². The Labute approximate surface area is 181 Å². The van der Waals surface area contributed by atoms with Crippen LogP contribution in [0.5, 0.6) is 11.5 Å². The number of benzene rings is 2. The molecule has 0 aliphatic carbocycles. The van der Waals surface area contributed by atoms with Crippen molar-refractivity contribution in [3.63, 3.8) is 0 Å². The Hall–Kier alpha value is -3.39. The van der Waals surface area contributed by atoms with Gasteiger partial charge in [-0.3, -0.25) is 9.69 Å². The van der Waals surface area contributed by atoms with Gasteiger partial charge in [-0.2, -0.15) is 4.98 Å². The van der Waals surface area contributed by atoms with Crippen molar-refractivity contribution in [2.45, 2.75) is 25.9 Å². The summed E-state index contributed by atoms with van der Waals surface area (Å²) < 4.78 is 15.9. The molecule has 1 aliphatic heterocycles. The molecule has 1 amide bonds. The average molecular weight is 422 g/mol. The van der Waals surface area contributed by atoms with Crippen LogP contribution in [-0.4, -0.2) is 48.3 Å². The predicted molar refractivity (Wildman–Crippen MR) is 115 cm³/mol. The lowest BCUT2D eigenvalue weighted by Crippen LogP contribution is -2.23. The third kappa shape index (κ3) is 5.03. The minimum atomic E-state index is -0.186. The summed E-state index contributed by atoms with van der Waals surface area (Å²) in [7, 11) is 3.15. The van der Waals surface area contributed by atoms with Gasteiger partial charge in [0.1, 0.15) is 11.5 Å². The topological polar surface area (TPSA) is 89.7 Å². The summed E-state index contributed by atoms with van der Waals surface area (Å²) in [5, 5.41) is 6.82. The molecule has 1 N–H and O–H groups in total. The monoisotopic (exact) mass is 422 g/mol. The van der Waals surface area contributed by atoms with E-state index in [4.69, 9.17) is 14.0 Å². The third-order valence-electron chi connectivity index (χ3n) is 5.34. The molecule has 1 aromatic heterocycles. The summed E-state index contributed by atoms with van der Waals surface area (Å²) in [4.78, 5) is 19.3. The van der Waals surface area contributed by atoms with E-state index in [-0.39, 0.29) is 12.5 Å². The van der Waals surface area contributed by atoms with Crippen molar-refractivity contribution in [2.24, 2.45) is 0 Å². The first kappa shape index (κ1) is 20.9. The summed E-state index contributed by atoms with van der Waals surface area (Å²) in [5.41, 5.74) is 2.49. The van der Waals surface area contributed by atoms with E-state index >= 15 is 0 Å². The molecule has 1 saturated heterocycles. The zero-order valence-electron chi connectivity index (χ0n) is 17.8. The number of carbonyl (C=O) groups is 1. The molecule has 3 aromatic rings. The van der Waals surface area contributed by atoms with Crippen LogP contribution in [0.3, 0.4) is 0 Å². The number of hydrogen-bond acceptors (Lipinski definition) is 7. The quantitative estimate of drug-likeness (QED) is 0.596. The van der Waals surface area contributed by atoms with Crippen LogP contribution in [-0.2, 0) is 13.1 Å². The summed E-state index contributed by atoms with van der Waals surface area (Å²) >= 11 is 0. The highest BCUT2D eigenvalue weighted by Gasteiger charge is 2.16. The molecule has 2 aromatic carbocycles. The number of likely N-dealkylation sites (tertiary alicyclic amines) is 1. The van der Waals surface area contributed by atoms with Gasteiger partial charge in [-0.1, -0.05) is 17.3 Å². The maximum absolute atomic E-state index is 12.5. The molecule has 0 unspecified atom stereocenters. The Balaban J connectivity index is 1.35. The highest BCUT2D eigenvalue weighted by atomic mass is 16.5. The Kier molecular flexibility index (Phi) is 6.47. The number of nitrogens with one attached hydrogen (secondary N) is 1. The van der Waals surface area contributed by atoms with Gasteiger partial charge < -0.3 is 19.3 Å². The second kappa shape index (κ2) is 9.61. The molecule has 1 fully saturated rings. The summed E-state index contributed by atoms with van der Waals surface area (Å²) in [5.74, 6) is 1.75. The maximum atomic E-state index is 12.5. The largest absolute Gasteiger partial charge is 0.497 e. The van der Waals surface area contributed by atoms with Gasteiger partial charge in [0.05, 0.1) is 26.3 Å². The first-order valence-electron chi connectivity index (χ1n) is 10.3. The van der Waals surface area contributed by atoms with E-state index in [1.807, 2.05) is 24.3 Å². The molecular formula is C23H26N4O4. The van der Waals surface area contributed by atoms with Gasteiger partial charge in [0, 0.05) is 18.2 Å². The van der Waals surface area contributed by atoms with Gasteiger partial charge in [0.25, 0.3) is 5.91 Å². The van der Waals surface area contributed by atoms with Crippen molar-refractivity contribution in [3.8, 4) is 22.9 Å². The van der Waals surface area contributed by atoms with Crippen molar-refractivity contribution < 1.29 is 18.8 Å². The number of nitrogens with zero attached hydrogens (tertiary/aromatic N) is 3. The molecular weight excluding hydrogens is 396 g/mol. The van der Waals surface area contributed by atoms with E-state index in [0.29, 0.717) is 34.3 Å². The standard InChI is InChI=1S/C23H26N4O4/c1-29-18-9-10-19(20(13-18)30-2)22-25-21(31-26-22)14-24-23(28)17-7-5-16(6-8-17)15-27-11-3-4-12-27/h5-10,13H,3-4,11-12,14-15H2,1-2H3,(H,24,28). The first-order chi connectivity index (χ1) is 15.2. The number of amides is 1. The highest BCUT2D eigenvalue weighted by molar-refractivity contribution is 5.94. The first-order valence-corrected chi connectivity index (χ1v) is 10.3. The fourth-order valence-corrected chi connectivity index (χ4v) is 3.64. The minimum Gasteiger partial charge on any atom is -0.497 e. The molecule has 4 rings (SSSR count). The molecule has 0 atom stereocenters. The van der Waals surface area contributed by atoms with Gasteiger partial charge in [-0.05, 0) is 55.8 Å². The van der Waals surface area contributed by atoms with Crippen molar-refractivity contribution in [3.05, 3.63) is 59.5 Å². The van der Waals surface area contributed by atoms with Crippen molar-refractivity contribution >= 4 is 5.91 Å². The van der Waals surface area contributed by atoms with Crippen LogP contribution in [0, 0.1) is 0 Å². The van der Waals surface area contributed by atoms with Gasteiger partial charge in [-0.25, -0.2) is 0 Å². The van der Waals surface area contributed by atoms with Gasteiger partial charge in [0.2, 0.25) is 11.7 Å². The Morgan fingerprint density at radius 3 is 2.58 bits per heavy atom. The normalized spacial score (nSPS) is 13.9. The molecule has 0 spiro atoms. The van der Waals surface area contributed by atoms with E-state index < -0.39 is 0 Å². The Morgan fingerprint density at radius 2 is 1.87 bits per heavy atom. The smallest absolute Gasteiger partial charge is 0.251 e. The van der Waals surface area contributed by atoms with E-state index in [0.717, 1.165) is 19.6 Å². The number of ether oxygens (including phenoxy) is 2. The molecule has 162 valence electrons. The van der Waals surface area contributed by atoms with Gasteiger partial charge in [-0.15, -0.1) is 0 Å². The van der Waals surface area contributed by atoms with Crippen LogP contribution in [0.1, 0.15) is 34.7 Å². The molecule has 8 heteroatoms. The summed E-state index contributed by atoms with van der Waals surface area (Å²) in [6.07, 6.45) is 2.53. The lowest BCUT2D eigenvalue weighted by molar-refractivity contribution is 0.0946. The fourth-order valence-electron chi connectivity index (χ4n) is 3.64. The van der Waals surface area contributed by atoms with E-state index in [2.05, 4.69) is 20.4 Å². The summed E-state index contributed by atoms with van der Waals surface area (Å²) in [6.45, 7) is 3.37. The molecule has 1 aliphatic rings. The molecule has 8 nitrogen and oxygen atoms in total. The van der Waals surface area contributed by atoms with Gasteiger partial charge >= 0.3 is 0 Å². The second-order valence-electron chi connectivity index (χ2n) is 7.44. The van der Waals surface area contributed by atoms with Crippen LogP contribution in [0.15, 0.2) is 47.0 Å². The van der Waals surface area contributed by atoms with Crippen LogP contribution in [0.25, 0.3) is 11.4 Å². The van der Waals surface area contributed by atoms with E-state index in [9.17, 15) is 4.79 Å². The number of carbonyl (C=O) groups excluding carboxylic acids is 1. The zero-order chi connectivity index (χ0) is 21.6. The lowest BCUT2D eigenvalue weighted by Gasteiger charge is -2.14. The predicted octanol–water partition coefficient (Wildman–Crippen LogP) is 3.28. The summed E-state index contributed by atoms with van der Waals surface area (Å²) in [6, 6.07) is 13.1. The third-order valence-corrected chi connectivity index (χ3v) is 5.34. The highest BCUT2D eigenvalue weighted by Crippen LogP contribution is 2.31. The molecule has 0 saturated carbocycles. The van der Waals surface area contributed by atoms with E-state index in [1.54, 1.807) is 32.4 Å². The lowest BCUT2D eigenvalue weighted by atomic mass is 10.1. The van der Waals surface area contributed by atoms with Crippen LogP contribution < -0.4 is 14.8 Å². The Bertz CT molecular complexity index is 1030. The van der Waals surface area contributed by atoms with Crippen molar-refractivity contribution in [1.82, 2.24) is 20.4 Å². The van der Waals surface area contributed by atoms with Crippen LogP contribution in [0.4, 0.5) is 0 Å². The number of rotatable bonds is 8. The van der Waals surface area contributed by atoms with Crippen molar-refractivity contribution in [1.29, 1.82) is 0 Å². The zero-order valence-corrected chi connectivity index (χ0v) is 17.8. The van der Waals surface area contributed by atoms with Crippen LogP contribution in [0.2, 0.25) is 0 Å². The fraction of sp³-hybridized carbons (Fsp3) is 0.348.